The highest BCUT2D eigenvalue weighted by atomic mass is 32.1. The van der Waals surface area contributed by atoms with E-state index in [-0.39, 0.29) is 0 Å². The topological polar surface area (TPSA) is 17.3 Å². The van der Waals surface area contributed by atoms with Crippen molar-refractivity contribution in [2.45, 2.75) is 0 Å². The van der Waals surface area contributed by atoms with Gasteiger partial charge in [0.05, 0.1) is 21.4 Å². The standard InChI is InChI=1S/C55H32N2S2/c1-2-11-40-33(10-1)28-31-51-52(40)46-32-49(57-48-18-7-6-17-47(48)56-55(57)54(46)59-51)37-26-24-35(25-27-37)39-30-29-38(42-12-3-4-13-43(39)42)34-20-22-36(23-21-34)41-15-9-16-45-44-14-5-8-19-50(44)58-53(41)45/h1-32H. The molecule has 0 aliphatic heterocycles. The van der Waals surface area contributed by atoms with Crippen molar-refractivity contribution in [2.75, 3.05) is 0 Å². The molecule has 0 aliphatic carbocycles. The summed E-state index contributed by atoms with van der Waals surface area (Å²) in [6.07, 6.45) is 0. The first-order valence-electron chi connectivity index (χ1n) is 20.0. The average Bonchev–Trinajstić information content (AvgIpc) is 4.01. The van der Waals surface area contributed by atoms with E-state index in [0.717, 1.165) is 27.9 Å². The van der Waals surface area contributed by atoms with Crippen LogP contribution in [0.15, 0.2) is 194 Å². The zero-order valence-corrected chi connectivity index (χ0v) is 33.3. The number of benzene rings is 9. The number of pyridine rings is 1. The van der Waals surface area contributed by atoms with Crippen LogP contribution in [0, 0.1) is 0 Å². The number of imidazole rings is 1. The second-order valence-electron chi connectivity index (χ2n) is 15.4. The lowest BCUT2D eigenvalue weighted by Crippen LogP contribution is -1.93. The molecule has 0 saturated carbocycles. The molecular formula is C55H32N2S2. The lowest BCUT2D eigenvalue weighted by Gasteiger charge is -2.14. The number of nitrogens with zero attached hydrogens (tertiary/aromatic N) is 2. The molecule has 0 radical (unpaired) electrons. The third-order valence-electron chi connectivity index (χ3n) is 12.2. The fraction of sp³-hybridized carbons (Fsp3) is 0. The third kappa shape index (κ3) is 4.94. The second kappa shape index (κ2) is 12.7. The molecule has 0 bridgehead atoms. The first-order valence-corrected chi connectivity index (χ1v) is 21.7. The van der Waals surface area contributed by atoms with Gasteiger partial charge in [0, 0.05) is 35.6 Å². The molecule has 4 aromatic heterocycles. The summed E-state index contributed by atoms with van der Waals surface area (Å²) in [5.74, 6) is 0. The summed E-state index contributed by atoms with van der Waals surface area (Å²) in [7, 11) is 0. The lowest BCUT2D eigenvalue weighted by molar-refractivity contribution is 1.25. The van der Waals surface area contributed by atoms with Crippen LogP contribution in [0.25, 0.3) is 123 Å². The van der Waals surface area contributed by atoms with E-state index in [9.17, 15) is 0 Å². The Morgan fingerprint density at radius 3 is 1.73 bits per heavy atom. The van der Waals surface area contributed by atoms with Crippen LogP contribution in [0.4, 0.5) is 0 Å². The molecular weight excluding hydrogens is 753 g/mol. The fourth-order valence-electron chi connectivity index (χ4n) is 9.46. The molecule has 9 aromatic carbocycles. The van der Waals surface area contributed by atoms with E-state index in [0.29, 0.717) is 0 Å². The van der Waals surface area contributed by atoms with Crippen molar-refractivity contribution in [1.29, 1.82) is 0 Å². The molecule has 0 amide bonds. The van der Waals surface area contributed by atoms with Crippen molar-refractivity contribution < 1.29 is 0 Å². The molecule has 0 saturated heterocycles. The number of fused-ring (bicyclic) bond motifs is 13. The number of rotatable bonds is 4. The van der Waals surface area contributed by atoms with Gasteiger partial charge in [-0.2, -0.15) is 0 Å². The Balaban J connectivity index is 0.914. The number of thiophene rings is 2. The van der Waals surface area contributed by atoms with Crippen molar-refractivity contribution in [3.8, 4) is 44.6 Å². The monoisotopic (exact) mass is 784 g/mol. The number of hydrogen-bond acceptors (Lipinski definition) is 3. The van der Waals surface area contributed by atoms with Crippen LogP contribution in [0.1, 0.15) is 0 Å². The molecule has 0 aliphatic rings. The zero-order chi connectivity index (χ0) is 38.6. The molecule has 59 heavy (non-hydrogen) atoms. The SMILES string of the molecule is c1ccc2c(c1)ccc1sc3c(cc(-c4ccc(-c5ccc(-c6ccc(-c7cccc8c7sc7ccccc78)cc6)c6ccccc56)cc4)n4c5ccccc5nc34)c12. The van der Waals surface area contributed by atoms with E-state index in [2.05, 4.69) is 199 Å². The van der Waals surface area contributed by atoms with Crippen LogP contribution in [0.2, 0.25) is 0 Å². The minimum Gasteiger partial charge on any atom is -0.291 e. The Morgan fingerprint density at radius 2 is 0.966 bits per heavy atom. The van der Waals surface area contributed by atoms with Gasteiger partial charge in [-0.05, 0) is 90.8 Å². The van der Waals surface area contributed by atoms with Gasteiger partial charge in [0.25, 0.3) is 0 Å². The fourth-order valence-corrected chi connectivity index (χ4v) is 11.9. The van der Waals surface area contributed by atoms with Crippen LogP contribution >= 0.6 is 22.7 Å². The summed E-state index contributed by atoms with van der Waals surface area (Å²) in [5.41, 5.74) is 12.9. The van der Waals surface area contributed by atoms with E-state index in [1.54, 1.807) is 0 Å². The van der Waals surface area contributed by atoms with Crippen LogP contribution in [-0.4, -0.2) is 9.38 Å². The van der Waals surface area contributed by atoms with Gasteiger partial charge in [-0.15, -0.1) is 22.7 Å². The van der Waals surface area contributed by atoms with Gasteiger partial charge in [-0.1, -0.05) is 164 Å². The Labute approximate surface area is 347 Å². The van der Waals surface area contributed by atoms with E-state index in [1.807, 2.05) is 22.7 Å². The van der Waals surface area contributed by atoms with Gasteiger partial charge in [-0.3, -0.25) is 4.40 Å². The molecule has 13 rings (SSSR count). The normalized spacial score (nSPS) is 12.1. The smallest absolute Gasteiger partial charge is 0.156 e. The average molecular weight is 785 g/mol. The highest BCUT2D eigenvalue weighted by molar-refractivity contribution is 7.27. The highest BCUT2D eigenvalue weighted by Gasteiger charge is 2.19. The summed E-state index contributed by atoms with van der Waals surface area (Å²) >= 11 is 3.73. The molecule has 0 atom stereocenters. The van der Waals surface area contributed by atoms with E-state index in [1.165, 1.54) is 95.3 Å². The van der Waals surface area contributed by atoms with E-state index < -0.39 is 0 Å². The molecule has 0 N–H and O–H groups in total. The zero-order valence-electron chi connectivity index (χ0n) is 31.7. The lowest BCUT2D eigenvalue weighted by atomic mass is 9.91. The predicted octanol–water partition coefficient (Wildman–Crippen LogP) is 16.2. The van der Waals surface area contributed by atoms with Gasteiger partial charge >= 0.3 is 0 Å². The Hall–Kier alpha value is -7.11. The van der Waals surface area contributed by atoms with Crippen molar-refractivity contribution in [1.82, 2.24) is 9.38 Å². The molecule has 4 heteroatoms. The van der Waals surface area contributed by atoms with Crippen LogP contribution < -0.4 is 0 Å². The summed E-state index contributed by atoms with van der Waals surface area (Å²) in [6, 6.07) is 71.3. The minimum atomic E-state index is 1.01. The predicted molar refractivity (Wildman–Crippen MR) is 255 cm³/mol. The van der Waals surface area contributed by atoms with Crippen molar-refractivity contribution in [2.24, 2.45) is 0 Å². The highest BCUT2D eigenvalue weighted by Crippen LogP contribution is 2.45. The third-order valence-corrected chi connectivity index (χ3v) is 14.6. The first kappa shape index (κ1) is 32.9. The summed E-state index contributed by atoms with van der Waals surface area (Å²) < 4.78 is 7.56. The van der Waals surface area contributed by atoms with Crippen molar-refractivity contribution >= 4 is 101 Å². The van der Waals surface area contributed by atoms with Crippen LogP contribution in [-0.2, 0) is 0 Å². The molecule has 0 unspecified atom stereocenters. The Morgan fingerprint density at radius 1 is 0.373 bits per heavy atom. The molecule has 0 spiro atoms. The van der Waals surface area contributed by atoms with Crippen LogP contribution in [0.3, 0.4) is 0 Å². The number of para-hydroxylation sites is 2. The molecule has 2 nitrogen and oxygen atoms in total. The van der Waals surface area contributed by atoms with Crippen LogP contribution in [0.5, 0.6) is 0 Å². The van der Waals surface area contributed by atoms with Gasteiger partial charge in [0.15, 0.2) is 5.65 Å². The van der Waals surface area contributed by atoms with Gasteiger partial charge in [0.1, 0.15) is 0 Å². The number of aromatic nitrogens is 2. The number of hydrogen-bond donors (Lipinski definition) is 0. The van der Waals surface area contributed by atoms with Gasteiger partial charge in [-0.25, -0.2) is 4.98 Å². The molecule has 13 aromatic rings. The van der Waals surface area contributed by atoms with E-state index >= 15 is 0 Å². The maximum Gasteiger partial charge on any atom is 0.156 e. The second-order valence-corrected chi connectivity index (χ2v) is 17.5. The van der Waals surface area contributed by atoms with E-state index in [4.69, 9.17) is 4.98 Å². The summed E-state index contributed by atoms with van der Waals surface area (Å²) in [6.45, 7) is 0. The van der Waals surface area contributed by atoms with Crippen molar-refractivity contribution in [3.63, 3.8) is 0 Å². The molecule has 274 valence electrons. The molecule has 0 fully saturated rings. The molecule has 4 heterocycles. The largest absolute Gasteiger partial charge is 0.291 e. The maximum atomic E-state index is 5.25. The Kier molecular flexibility index (Phi) is 7.08. The summed E-state index contributed by atoms with van der Waals surface area (Å²) in [4.78, 5) is 5.25. The van der Waals surface area contributed by atoms with Gasteiger partial charge in [0.2, 0.25) is 0 Å². The Bertz CT molecular complexity index is 3830. The quantitative estimate of drug-likeness (QED) is 0.174. The maximum absolute atomic E-state index is 5.25. The summed E-state index contributed by atoms with van der Waals surface area (Å²) in [5, 5.41) is 10.3. The van der Waals surface area contributed by atoms with Gasteiger partial charge < -0.3 is 0 Å². The minimum absolute atomic E-state index is 1.01. The van der Waals surface area contributed by atoms with Crippen molar-refractivity contribution in [3.05, 3.63) is 194 Å². The first-order chi connectivity index (χ1) is 29.2.